The fraction of sp³-hybridized carbons (Fsp3) is 0.300. The Morgan fingerprint density at radius 2 is 1.88 bits per heavy atom. The van der Waals surface area contributed by atoms with Gasteiger partial charge in [0, 0.05) is 20.0 Å². The van der Waals surface area contributed by atoms with E-state index in [1.165, 1.54) is 11.8 Å². The third kappa shape index (κ3) is 4.53. The van der Waals surface area contributed by atoms with Crippen LogP contribution < -0.4 is 14.8 Å². The summed E-state index contributed by atoms with van der Waals surface area (Å²) < 4.78 is 10.6. The molecule has 1 heterocycles. The van der Waals surface area contributed by atoms with Gasteiger partial charge < -0.3 is 19.7 Å². The van der Waals surface area contributed by atoms with Crippen molar-refractivity contribution in [2.45, 2.75) is 26.9 Å². The lowest BCUT2D eigenvalue weighted by molar-refractivity contribution is -0.135. The number of benzene rings is 2. The molecule has 1 N–H and O–H groups in total. The maximum Gasteiger partial charge on any atom is 0.239 e. The number of ether oxygens (including phenoxy) is 2. The van der Waals surface area contributed by atoms with Crippen LogP contribution in [0.15, 0.2) is 42.5 Å². The SMILES string of the molecule is CC(=O)N(CC(=O)NCc1ccc2c(c1)OCO2)Cc1cccc(C)c1. The zero-order valence-electron chi connectivity index (χ0n) is 15.0. The molecule has 0 saturated carbocycles. The minimum Gasteiger partial charge on any atom is -0.454 e. The average Bonchev–Trinajstić information content (AvgIpc) is 3.07. The van der Waals surface area contributed by atoms with Crippen LogP contribution in [-0.2, 0) is 22.7 Å². The predicted molar refractivity (Wildman–Crippen MR) is 96.7 cm³/mol. The summed E-state index contributed by atoms with van der Waals surface area (Å²) >= 11 is 0. The van der Waals surface area contributed by atoms with E-state index >= 15 is 0 Å². The van der Waals surface area contributed by atoms with E-state index in [4.69, 9.17) is 9.47 Å². The zero-order valence-corrected chi connectivity index (χ0v) is 15.0. The van der Waals surface area contributed by atoms with Gasteiger partial charge in [-0.15, -0.1) is 0 Å². The number of nitrogens with zero attached hydrogens (tertiary/aromatic N) is 1. The fourth-order valence-corrected chi connectivity index (χ4v) is 2.79. The molecule has 2 amide bonds. The molecule has 6 nitrogen and oxygen atoms in total. The monoisotopic (exact) mass is 354 g/mol. The van der Waals surface area contributed by atoms with Crippen molar-refractivity contribution < 1.29 is 19.1 Å². The molecule has 0 bridgehead atoms. The lowest BCUT2D eigenvalue weighted by Crippen LogP contribution is -2.39. The summed E-state index contributed by atoms with van der Waals surface area (Å²) in [5.74, 6) is 1.05. The molecule has 0 fully saturated rings. The van der Waals surface area contributed by atoms with Crippen LogP contribution in [0.3, 0.4) is 0 Å². The summed E-state index contributed by atoms with van der Waals surface area (Å²) in [5, 5.41) is 2.84. The molecule has 136 valence electrons. The van der Waals surface area contributed by atoms with E-state index in [-0.39, 0.29) is 25.2 Å². The lowest BCUT2D eigenvalue weighted by atomic mass is 10.1. The van der Waals surface area contributed by atoms with Crippen molar-refractivity contribution in [2.75, 3.05) is 13.3 Å². The van der Waals surface area contributed by atoms with E-state index in [2.05, 4.69) is 5.32 Å². The van der Waals surface area contributed by atoms with E-state index in [0.29, 0.717) is 24.6 Å². The first kappa shape index (κ1) is 17.8. The Morgan fingerprint density at radius 1 is 1.08 bits per heavy atom. The molecule has 0 radical (unpaired) electrons. The first-order chi connectivity index (χ1) is 12.5. The maximum absolute atomic E-state index is 12.3. The van der Waals surface area contributed by atoms with Gasteiger partial charge in [-0.25, -0.2) is 0 Å². The number of amides is 2. The van der Waals surface area contributed by atoms with Crippen molar-refractivity contribution in [2.24, 2.45) is 0 Å². The van der Waals surface area contributed by atoms with Crippen molar-refractivity contribution in [3.63, 3.8) is 0 Å². The van der Waals surface area contributed by atoms with Crippen LogP contribution in [0.4, 0.5) is 0 Å². The van der Waals surface area contributed by atoms with Crippen molar-refractivity contribution in [3.8, 4) is 11.5 Å². The standard InChI is InChI=1S/C20H22N2O4/c1-14-4-3-5-17(8-14)11-22(15(2)23)12-20(24)21-10-16-6-7-18-19(9-16)26-13-25-18/h3-9H,10-13H2,1-2H3,(H,21,24). The van der Waals surface area contributed by atoms with Crippen LogP contribution in [0.1, 0.15) is 23.6 Å². The van der Waals surface area contributed by atoms with E-state index in [1.54, 1.807) is 0 Å². The molecule has 1 aliphatic heterocycles. The Kier molecular flexibility index (Phi) is 5.41. The molecule has 2 aromatic carbocycles. The number of hydrogen-bond donors (Lipinski definition) is 1. The topological polar surface area (TPSA) is 67.9 Å². The zero-order chi connectivity index (χ0) is 18.5. The minimum absolute atomic E-state index is 0.0217. The second kappa shape index (κ2) is 7.91. The molecule has 2 aromatic rings. The first-order valence-electron chi connectivity index (χ1n) is 8.47. The van der Waals surface area contributed by atoms with Crippen molar-refractivity contribution >= 4 is 11.8 Å². The van der Waals surface area contributed by atoms with Gasteiger partial charge in [-0.3, -0.25) is 9.59 Å². The Labute approximate surface area is 152 Å². The molecular weight excluding hydrogens is 332 g/mol. The Hall–Kier alpha value is -3.02. The first-order valence-corrected chi connectivity index (χ1v) is 8.47. The number of carbonyl (C=O) groups excluding carboxylic acids is 2. The summed E-state index contributed by atoms with van der Waals surface area (Å²) in [7, 11) is 0. The van der Waals surface area contributed by atoms with Crippen LogP contribution >= 0.6 is 0 Å². The Balaban J connectivity index is 1.55. The third-order valence-electron chi connectivity index (χ3n) is 4.16. The van der Waals surface area contributed by atoms with Gasteiger partial charge in [0.15, 0.2) is 11.5 Å². The number of carbonyl (C=O) groups is 2. The Morgan fingerprint density at radius 3 is 2.65 bits per heavy atom. The molecule has 6 heteroatoms. The number of fused-ring (bicyclic) bond motifs is 1. The van der Waals surface area contributed by atoms with E-state index in [9.17, 15) is 9.59 Å². The summed E-state index contributed by atoms with van der Waals surface area (Å²) in [6.07, 6.45) is 0. The van der Waals surface area contributed by atoms with Gasteiger partial charge in [0.25, 0.3) is 0 Å². The number of aryl methyl sites for hydroxylation is 1. The number of rotatable bonds is 6. The summed E-state index contributed by atoms with van der Waals surface area (Å²) in [4.78, 5) is 25.7. The lowest BCUT2D eigenvalue weighted by Gasteiger charge is -2.21. The summed E-state index contributed by atoms with van der Waals surface area (Å²) in [5.41, 5.74) is 3.04. The van der Waals surface area contributed by atoms with Gasteiger partial charge in [-0.05, 0) is 30.2 Å². The molecule has 0 aromatic heterocycles. The molecule has 3 rings (SSSR count). The molecule has 1 aliphatic rings. The largest absolute Gasteiger partial charge is 0.454 e. The minimum atomic E-state index is -0.203. The van der Waals surface area contributed by atoms with Gasteiger partial charge >= 0.3 is 0 Å². The molecule has 0 aliphatic carbocycles. The molecule has 26 heavy (non-hydrogen) atoms. The highest BCUT2D eigenvalue weighted by atomic mass is 16.7. The highest BCUT2D eigenvalue weighted by Crippen LogP contribution is 2.32. The van der Waals surface area contributed by atoms with Gasteiger partial charge in [0.05, 0.1) is 6.54 Å². The number of nitrogens with one attached hydrogen (secondary N) is 1. The highest BCUT2D eigenvalue weighted by molar-refractivity contribution is 5.83. The van der Waals surface area contributed by atoms with Crippen molar-refractivity contribution in [1.29, 1.82) is 0 Å². The van der Waals surface area contributed by atoms with Gasteiger partial charge in [-0.2, -0.15) is 0 Å². The molecule has 0 unspecified atom stereocenters. The predicted octanol–water partition coefficient (Wildman–Crippen LogP) is 2.39. The van der Waals surface area contributed by atoms with Crippen LogP contribution in [-0.4, -0.2) is 30.1 Å². The van der Waals surface area contributed by atoms with E-state index < -0.39 is 0 Å². The second-order valence-electron chi connectivity index (χ2n) is 6.33. The Bertz CT molecular complexity index is 819. The summed E-state index contributed by atoms with van der Waals surface area (Å²) in [6, 6.07) is 13.5. The van der Waals surface area contributed by atoms with E-state index in [1.807, 2.05) is 49.4 Å². The van der Waals surface area contributed by atoms with Crippen LogP contribution in [0.25, 0.3) is 0 Å². The molecule has 0 spiro atoms. The average molecular weight is 354 g/mol. The quantitative estimate of drug-likeness (QED) is 0.865. The molecular formula is C20H22N2O4. The second-order valence-corrected chi connectivity index (χ2v) is 6.33. The van der Waals surface area contributed by atoms with Crippen molar-refractivity contribution in [3.05, 3.63) is 59.2 Å². The smallest absolute Gasteiger partial charge is 0.239 e. The van der Waals surface area contributed by atoms with Crippen LogP contribution in [0.5, 0.6) is 11.5 Å². The molecule has 0 saturated heterocycles. The number of hydrogen-bond acceptors (Lipinski definition) is 4. The van der Waals surface area contributed by atoms with Crippen molar-refractivity contribution in [1.82, 2.24) is 10.2 Å². The molecule has 0 atom stereocenters. The van der Waals surface area contributed by atoms with Crippen LogP contribution in [0, 0.1) is 6.92 Å². The van der Waals surface area contributed by atoms with E-state index in [0.717, 1.165) is 16.7 Å². The van der Waals surface area contributed by atoms with Crippen LogP contribution in [0.2, 0.25) is 0 Å². The maximum atomic E-state index is 12.3. The third-order valence-corrected chi connectivity index (χ3v) is 4.16. The van der Waals surface area contributed by atoms with Gasteiger partial charge in [-0.1, -0.05) is 35.9 Å². The summed E-state index contributed by atoms with van der Waals surface area (Å²) in [6.45, 7) is 4.49. The highest BCUT2D eigenvalue weighted by Gasteiger charge is 2.16. The van der Waals surface area contributed by atoms with Gasteiger partial charge in [0.1, 0.15) is 0 Å². The normalized spacial score (nSPS) is 11.9. The van der Waals surface area contributed by atoms with Gasteiger partial charge in [0.2, 0.25) is 18.6 Å². The fourth-order valence-electron chi connectivity index (χ4n) is 2.79.